The van der Waals surface area contributed by atoms with Crippen LogP contribution >= 0.6 is 15.9 Å². The SMILES string of the molecule is Cc1ccc(Br)cc1-c1cnc(NC#N)nc1. The summed E-state index contributed by atoms with van der Waals surface area (Å²) in [5, 5.41) is 10.8. The fourth-order valence-corrected chi connectivity index (χ4v) is 1.85. The summed E-state index contributed by atoms with van der Waals surface area (Å²) >= 11 is 3.44. The van der Waals surface area contributed by atoms with Gasteiger partial charge in [-0.05, 0) is 30.2 Å². The van der Waals surface area contributed by atoms with Crippen LogP contribution in [0.5, 0.6) is 0 Å². The summed E-state index contributed by atoms with van der Waals surface area (Å²) in [6.45, 7) is 2.03. The molecule has 0 radical (unpaired) electrons. The summed E-state index contributed by atoms with van der Waals surface area (Å²) in [6.07, 6.45) is 5.17. The van der Waals surface area contributed by atoms with E-state index in [1.165, 1.54) is 0 Å². The molecule has 84 valence electrons. The highest BCUT2D eigenvalue weighted by Crippen LogP contribution is 2.25. The number of anilines is 1. The third-order valence-electron chi connectivity index (χ3n) is 2.33. The standard InChI is InChI=1S/C12H9BrN4/c1-8-2-3-10(13)4-11(8)9-5-15-12(16-6-9)17-7-14/h2-6H,1H3,(H,15,16,17). The first-order valence-corrected chi connectivity index (χ1v) is 5.73. The minimum Gasteiger partial charge on any atom is -0.261 e. The molecule has 0 aliphatic carbocycles. The van der Waals surface area contributed by atoms with Gasteiger partial charge in [0.05, 0.1) is 0 Å². The fourth-order valence-electron chi connectivity index (χ4n) is 1.49. The fraction of sp³-hybridized carbons (Fsp3) is 0.0833. The van der Waals surface area contributed by atoms with E-state index in [-0.39, 0.29) is 0 Å². The number of hydrogen-bond acceptors (Lipinski definition) is 4. The topological polar surface area (TPSA) is 61.6 Å². The maximum Gasteiger partial charge on any atom is 0.236 e. The Hall–Kier alpha value is -1.93. The molecule has 0 saturated heterocycles. The molecule has 2 rings (SSSR count). The van der Waals surface area contributed by atoms with E-state index in [0.29, 0.717) is 5.95 Å². The van der Waals surface area contributed by atoms with Gasteiger partial charge in [0.15, 0.2) is 6.19 Å². The zero-order chi connectivity index (χ0) is 12.3. The smallest absolute Gasteiger partial charge is 0.236 e. The van der Waals surface area contributed by atoms with Gasteiger partial charge in [0.2, 0.25) is 5.95 Å². The lowest BCUT2D eigenvalue weighted by Crippen LogP contribution is -1.95. The largest absolute Gasteiger partial charge is 0.261 e. The van der Waals surface area contributed by atoms with E-state index in [9.17, 15) is 0 Å². The number of nitrogens with zero attached hydrogens (tertiary/aromatic N) is 3. The summed E-state index contributed by atoms with van der Waals surface area (Å²) in [7, 11) is 0. The molecule has 17 heavy (non-hydrogen) atoms. The van der Waals surface area contributed by atoms with Crippen molar-refractivity contribution in [3.63, 3.8) is 0 Å². The quantitative estimate of drug-likeness (QED) is 0.681. The van der Waals surface area contributed by atoms with Crippen LogP contribution in [0.15, 0.2) is 35.1 Å². The highest BCUT2D eigenvalue weighted by molar-refractivity contribution is 9.10. The summed E-state index contributed by atoms with van der Waals surface area (Å²) in [5.74, 6) is 0.309. The van der Waals surface area contributed by atoms with Crippen LogP contribution in [0.3, 0.4) is 0 Å². The monoisotopic (exact) mass is 288 g/mol. The second-order valence-corrected chi connectivity index (χ2v) is 4.41. The van der Waals surface area contributed by atoms with Crippen molar-refractivity contribution >= 4 is 21.9 Å². The first-order chi connectivity index (χ1) is 8.20. The number of benzene rings is 1. The van der Waals surface area contributed by atoms with Crippen LogP contribution in [0.25, 0.3) is 11.1 Å². The normalized spacial score (nSPS) is 9.71. The van der Waals surface area contributed by atoms with Crippen LogP contribution < -0.4 is 5.32 Å². The van der Waals surface area contributed by atoms with Crippen molar-refractivity contribution < 1.29 is 0 Å². The summed E-state index contributed by atoms with van der Waals surface area (Å²) in [6, 6.07) is 6.04. The molecule has 1 heterocycles. The number of halogens is 1. The van der Waals surface area contributed by atoms with E-state index in [1.807, 2.05) is 25.1 Å². The molecule has 2 aromatic rings. The summed E-state index contributed by atoms with van der Waals surface area (Å²) < 4.78 is 1.01. The third kappa shape index (κ3) is 2.60. The molecular weight excluding hydrogens is 280 g/mol. The van der Waals surface area contributed by atoms with Crippen molar-refractivity contribution in [1.29, 1.82) is 5.26 Å². The Kier molecular flexibility index (Phi) is 3.35. The van der Waals surface area contributed by atoms with E-state index in [2.05, 4.69) is 31.2 Å². The van der Waals surface area contributed by atoms with Gasteiger partial charge >= 0.3 is 0 Å². The molecule has 4 nitrogen and oxygen atoms in total. The molecule has 0 aliphatic heterocycles. The zero-order valence-electron chi connectivity index (χ0n) is 9.11. The molecule has 0 bridgehead atoms. The van der Waals surface area contributed by atoms with E-state index < -0.39 is 0 Å². The van der Waals surface area contributed by atoms with E-state index in [4.69, 9.17) is 5.26 Å². The van der Waals surface area contributed by atoms with E-state index in [1.54, 1.807) is 18.6 Å². The second kappa shape index (κ2) is 4.93. The lowest BCUT2D eigenvalue weighted by molar-refractivity contribution is 1.17. The average molecular weight is 289 g/mol. The van der Waals surface area contributed by atoms with Crippen molar-refractivity contribution in [3.05, 3.63) is 40.6 Å². The van der Waals surface area contributed by atoms with Gasteiger partial charge in [-0.15, -0.1) is 0 Å². The minimum atomic E-state index is 0.309. The molecule has 1 aromatic heterocycles. The highest BCUT2D eigenvalue weighted by atomic mass is 79.9. The Bertz CT molecular complexity index is 572. The van der Waals surface area contributed by atoms with Gasteiger partial charge in [0.25, 0.3) is 0 Å². The molecule has 1 aromatic carbocycles. The Balaban J connectivity index is 2.40. The molecule has 0 fully saturated rings. The van der Waals surface area contributed by atoms with Gasteiger partial charge in [0.1, 0.15) is 0 Å². The number of nitriles is 1. The molecule has 0 saturated carbocycles. The van der Waals surface area contributed by atoms with Crippen LogP contribution in [0.2, 0.25) is 0 Å². The highest BCUT2D eigenvalue weighted by Gasteiger charge is 2.04. The Morgan fingerprint density at radius 2 is 2.00 bits per heavy atom. The maximum atomic E-state index is 8.44. The van der Waals surface area contributed by atoms with Gasteiger partial charge in [0, 0.05) is 22.4 Å². The van der Waals surface area contributed by atoms with Crippen molar-refractivity contribution in [1.82, 2.24) is 9.97 Å². The molecule has 0 spiro atoms. The lowest BCUT2D eigenvalue weighted by Gasteiger charge is -2.06. The van der Waals surface area contributed by atoms with Gasteiger partial charge in [-0.1, -0.05) is 22.0 Å². The molecule has 0 atom stereocenters. The van der Waals surface area contributed by atoms with Gasteiger partial charge in [-0.2, -0.15) is 5.26 Å². The number of nitrogens with one attached hydrogen (secondary N) is 1. The average Bonchev–Trinajstić information content (AvgIpc) is 2.34. The first kappa shape index (κ1) is 11.6. The minimum absolute atomic E-state index is 0.309. The second-order valence-electron chi connectivity index (χ2n) is 3.49. The van der Waals surface area contributed by atoms with Crippen molar-refractivity contribution in [3.8, 4) is 17.3 Å². The predicted molar refractivity (Wildman–Crippen MR) is 69.1 cm³/mol. The molecule has 0 amide bonds. The van der Waals surface area contributed by atoms with Crippen molar-refractivity contribution in [2.45, 2.75) is 6.92 Å². The number of rotatable bonds is 2. The van der Waals surface area contributed by atoms with E-state index in [0.717, 1.165) is 21.2 Å². The summed E-state index contributed by atoms with van der Waals surface area (Å²) in [5.41, 5.74) is 3.15. The number of aromatic nitrogens is 2. The van der Waals surface area contributed by atoms with Crippen LogP contribution in [0.1, 0.15) is 5.56 Å². The first-order valence-electron chi connectivity index (χ1n) is 4.94. The van der Waals surface area contributed by atoms with Crippen LogP contribution in [0.4, 0.5) is 5.95 Å². The van der Waals surface area contributed by atoms with Crippen LogP contribution in [-0.2, 0) is 0 Å². The molecule has 0 aliphatic rings. The lowest BCUT2D eigenvalue weighted by atomic mass is 10.0. The predicted octanol–water partition coefficient (Wildman–Crippen LogP) is 3.11. The zero-order valence-corrected chi connectivity index (χ0v) is 10.7. The number of hydrogen-bond donors (Lipinski definition) is 1. The van der Waals surface area contributed by atoms with Crippen molar-refractivity contribution in [2.24, 2.45) is 0 Å². The van der Waals surface area contributed by atoms with Gasteiger partial charge in [-0.3, -0.25) is 5.32 Å². The van der Waals surface area contributed by atoms with Crippen molar-refractivity contribution in [2.75, 3.05) is 5.32 Å². The van der Waals surface area contributed by atoms with Gasteiger partial charge in [-0.25, -0.2) is 9.97 Å². The summed E-state index contributed by atoms with van der Waals surface area (Å²) in [4.78, 5) is 8.11. The molecular formula is C12H9BrN4. The number of aryl methyl sites for hydroxylation is 1. The van der Waals surface area contributed by atoms with Crippen LogP contribution in [-0.4, -0.2) is 9.97 Å². The Morgan fingerprint density at radius 3 is 2.65 bits per heavy atom. The Labute approximate surface area is 107 Å². The molecule has 5 heteroatoms. The Morgan fingerprint density at radius 1 is 1.29 bits per heavy atom. The van der Waals surface area contributed by atoms with E-state index >= 15 is 0 Å². The third-order valence-corrected chi connectivity index (χ3v) is 2.82. The molecule has 0 unspecified atom stereocenters. The van der Waals surface area contributed by atoms with Crippen LogP contribution in [0, 0.1) is 18.4 Å². The maximum absolute atomic E-state index is 8.44. The van der Waals surface area contributed by atoms with Gasteiger partial charge < -0.3 is 0 Å². The molecule has 1 N–H and O–H groups in total.